The molecule has 0 aromatic rings. The summed E-state index contributed by atoms with van der Waals surface area (Å²) in [6.45, 7) is 10.7. The SMILES string of the molecule is CCCCCCCOC(=O)CCCCCCCN(CCCO)CCCCCCCC(=O)OC(CCCCCC)CCCCCCC. The molecule has 274 valence electrons. The van der Waals surface area contributed by atoms with Crippen LogP contribution in [0, 0.1) is 0 Å². The van der Waals surface area contributed by atoms with Crippen LogP contribution in [-0.2, 0) is 19.1 Å². The molecule has 0 aromatic carbocycles. The van der Waals surface area contributed by atoms with Crippen LogP contribution in [0.25, 0.3) is 0 Å². The van der Waals surface area contributed by atoms with Crippen LogP contribution in [0.1, 0.15) is 207 Å². The van der Waals surface area contributed by atoms with Crippen LogP contribution < -0.4 is 0 Å². The quantitative estimate of drug-likeness (QED) is 0.0531. The zero-order valence-corrected chi connectivity index (χ0v) is 31.1. The minimum absolute atomic E-state index is 0.0114. The van der Waals surface area contributed by atoms with Crippen molar-refractivity contribution in [1.29, 1.82) is 0 Å². The summed E-state index contributed by atoms with van der Waals surface area (Å²) in [6, 6.07) is 0. The molecule has 0 saturated carbocycles. The second-order valence-corrected chi connectivity index (χ2v) is 13.8. The molecule has 0 rings (SSSR count). The fraction of sp³-hybridized carbons (Fsp3) is 0.950. The molecule has 6 heteroatoms. The van der Waals surface area contributed by atoms with Crippen LogP contribution >= 0.6 is 0 Å². The molecule has 46 heavy (non-hydrogen) atoms. The van der Waals surface area contributed by atoms with Gasteiger partial charge in [0.15, 0.2) is 0 Å². The van der Waals surface area contributed by atoms with Crippen molar-refractivity contribution in [1.82, 2.24) is 4.90 Å². The summed E-state index contributed by atoms with van der Waals surface area (Å²) in [5, 5.41) is 9.33. The number of esters is 2. The summed E-state index contributed by atoms with van der Waals surface area (Å²) in [5.74, 6) is -0.0202. The third-order valence-corrected chi connectivity index (χ3v) is 9.16. The molecule has 0 radical (unpaired) electrons. The maximum absolute atomic E-state index is 12.6. The van der Waals surface area contributed by atoms with Crippen molar-refractivity contribution < 1.29 is 24.2 Å². The minimum atomic E-state index is -0.0316. The summed E-state index contributed by atoms with van der Waals surface area (Å²) in [7, 11) is 0. The number of aliphatic hydroxyl groups excluding tert-OH is 1. The Balaban J connectivity index is 3.97. The number of ether oxygens (including phenoxy) is 2. The van der Waals surface area contributed by atoms with E-state index in [2.05, 4.69) is 25.7 Å². The van der Waals surface area contributed by atoms with Gasteiger partial charge in [0.2, 0.25) is 0 Å². The van der Waals surface area contributed by atoms with Gasteiger partial charge in [0.25, 0.3) is 0 Å². The normalized spacial score (nSPS) is 12.1. The molecule has 0 fully saturated rings. The van der Waals surface area contributed by atoms with Crippen LogP contribution in [-0.4, -0.2) is 60.9 Å². The van der Waals surface area contributed by atoms with Gasteiger partial charge in [-0.3, -0.25) is 9.59 Å². The Labute approximate surface area is 286 Å². The van der Waals surface area contributed by atoms with Crippen molar-refractivity contribution >= 4 is 11.9 Å². The van der Waals surface area contributed by atoms with Crippen molar-refractivity contribution in [2.45, 2.75) is 213 Å². The van der Waals surface area contributed by atoms with Crippen LogP contribution in [0.3, 0.4) is 0 Å². The Morgan fingerprint density at radius 1 is 0.500 bits per heavy atom. The largest absolute Gasteiger partial charge is 0.466 e. The molecule has 0 amide bonds. The van der Waals surface area contributed by atoms with Gasteiger partial charge in [-0.15, -0.1) is 0 Å². The van der Waals surface area contributed by atoms with E-state index in [1.165, 1.54) is 116 Å². The lowest BCUT2D eigenvalue weighted by atomic mass is 10.0. The van der Waals surface area contributed by atoms with Crippen molar-refractivity contribution in [2.24, 2.45) is 0 Å². The zero-order valence-electron chi connectivity index (χ0n) is 31.1. The standard InChI is InChI=1S/C40H79NO5/c1-4-7-10-15-22-30-38(29-21-12-9-6-3)46-40(44)32-24-17-14-19-26-34-41(35-28-36-42)33-25-18-13-16-23-31-39(43)45-37-27-20-11-8-5-2/h38,42H,4-37H2,1-3H3. The fourth-order valence-electron chi connectivity index (χ4n) is 6.15. The summed E-state index contributed by atoms with van der Waals surface area (Å²) < 4.78 is 11.3. The Morgan fingerprint density at radius 3 is 1.46 bits per heavy atom. The first-order chi connectivity index (χ1) is 22.6. The molecule has 0 aliphatic rings. The highest BCUT2D eigenvalue weighted by atomic mass is 16.5. The van der Waals surface area contributed by atoms with Crippen molar-refractivity contribution in [3.8, 4) is 0 Å². The van der Waals surface area contributed by atoms with E-state index >= 15 is 0 Å². The van der Waals surface area contributed by atoms with E-state index in [0.29, 0.717) is 19.4 Å². The first kappa shape index (κ1) is 44.9. The lowest BCUT2D eigenvalue weighted by molar-refractivity contribution is -0.150. The predicted octanol–water partition coefficient (Wildman–Crippen LogP) is 11.1. The van der Waals surface area contributed by atoms with E-state index in [0.717, 1.165) is 77.4 Å². The molecule has 1 N–H and O–H groups in total. The van der Waals surface area contributed by atoms with Gasteiger partial charge in [-0.25, -0.2) is 0 Å². The lowest BCUT2D eigenvalue weighted by Crippen LogP contribution is -2.27. The molecular weight excluding hydrogens is 574 g/mol. The van der Waals surface area contributed by atoms with Gasteiger partial charge in [0, 0.05) is 26.0 Å². The van der Waals surface area contributed by atoms with Gasteiger partial charge in [0.05, 0.1) is 6.61 Å². The van der Waals surface area contributed by atoms with Crippen LogP contribution in [0.4, 0.5) is 0 Å². The number of carbonyl (C=O) groups is 2. The molecule has 0 bridgehead atoms. The van der Waals surface area contributed by atoms with Crippen molar-refractivity contribution in [2.75, 3.05) is 32.8 Å². The molecule has 1 atom stereocenters. The van der Waals surface area contributed by atoms with Gasteiger partial charge in [-0.2, -0.15) is 0 Å². The molecule has 1 unspecified atom stereocenters. The summed E-state index contributed by atoms with van der Waals surface area (Å²) in [4.78, 5) is 27.0. The first-order valence-corrected chi connectivity index (χ1v) is 20.3. The maximum Gasteiger partial charge on any atom is 0.306 e. The fourth-order valence-corrected chi connectivity index (χ4v) is 6.15. The van der Waals surface area contributed by atoms with Gasteiger partial charge in [-0.1, -0.05) is 130 Å². The first-order valence-electron chi connectivity index (χ1n) is 20.3. The van der Waals surface area contributed by atoms with Crippen molar-refractivity contribution in [3.63, 3.8) is 0 Å². The molecule has 6 nitrogen and oxygen atoms in total. The third kappa shape index (κ3) is 32.8. The molecule has 0 saturated heterocycles. The highest BCUT2D eigenvalue weighted by Crippen LogP contribution is 2.18. The second kappa shape index (κ2) is 36.7. The Morgan fingerprint density at radius 2 is 0.913 bits per heavy atom. The molecule has 0 aliphatic heterocycles. The number of aliphatic hydroxyl groups is 1. The van der Waals surface area contributed by atoms with E-state index < -0.39 is 0 Å². The minimum Gasteiger partial charge on any atom is -0.466 e. The van der Waals surface area contributed by atoms with Gasteiger partial charge in [-0.05, 0) is 77.3 Å². The van der Waals surface area contributed by atoms with E-state index in [4.69, 9.17) is 9.47 Å². The Bertz CT molecular complexity index is 643. The summed E-state index contributed by atoms with van der Waals surface area (Å²) in [5.41, 5.74) is 0. The maximum atomic E-state index is 12.6. The number of unbranched alkanes of at least 4 members (excludes halogenated alkanes) is 19. The van der Waals surface area contributed by atoms with E-state index in [1.54, 1.807) is 0 Å². The van der Waals surface area contributed by atoms with Gasteiger partial charge >= 0.3 is 11.9 Å². The summed E-state index contributed by atoms with van der Waals surface area (Å²) in [6.07, 6.45) is 32.4. The zero-order chi connectivity index (χ0) is 33.8. The van der Waals surface area contributed by atoms with Gasteiger partial charge < -0.3 is 19.5 Å². The predicted molar refractivity (Wildman–Crippen MR) is 195 cm³/mol. The van der Waals surface area contributed by atoms with Crippen LogP contribution in [0.5, 0.6) is 0 Å². The van der Waals surface area contributed by atoms with Crippen LogP contribution in [0.15, 0.2) is 0 Å². The average Bonchev–Trinajstić information content (AvgIpc) is 3.05. The van der Waals surface area contributed by atoms with Crippen LogP contribution in [0.2, 0.25) is 0 Å². The van der Waals surface area contributed by atoms with E-state index in [1.807, 2.05) is 0 Å². The molecule has 0 spiro atoms. The topological polar surface area (TPSA) is 76.1 Å². The number of rotatable bonds is 37. The number of hydrogen-bond acceptors (Lipinski definition) is 6. The highest BCUT2D eigenvalue weighted by Gasteiger charge is 2.14. The van der Waals surface area contributed by atoms with Crippen molar-refractivity contribution in [3.05, 3.63) is 0 Å². The molecule has 0 heterocycles. The number of carbonyl (C=O) groups excluding carboxylic acids is 2. The molecule has 0 aliphatic carbocycles. The number of hydrogen-bond donors (Lipinski definition) is 1. The average molecular weight is 654 g/mol. The number of nitrogens with zero attached hydrogens (tertiary/aromatic N) is 1. The monoisotopic (exact) mass is 654 g/mol. The Hall–Kier alpha value is -1.14. The highest BCUT2D eigenvalue weighted by molar-refractivity contribution is 5.69. The lowest BCUT2D eigenvalue weighted by Gasteiger charge is -2.22. The summed E-state index contributed by atoms with van der Waals surface area (Å²) >= 11 is 0. The van der Waals surface area contributed by atoms with Gasteiger partial charge in [0.1, 0.15) is 6.10 Å². The van der Waals surface area contributed by atoms with E-state index in [9.17, 15) is 14.7 Å². The Kier molecular flexibility index (Phi) is 35.8. The molecular formula is C40H79NO5. The van der Waals surface area contributed by atoms with E-state index in [-0.39, 0.29) is 24.6 Å². The third-order valence-electron chi connectivity index (χ3n) is 9.16. The smallest absolute Gasteiger partial charge is 0.306 e. The molecule has 0 aromatic heterocycles. The second-order valence-electron chi connectivity index (χ2n) is 13.8.